The van der Waals surface area contributed by atoms with Gasteiger partial charge in [-0.1, -0.05) is 0 Å². The van der Waals surface area contributed by atoms with Gasteiger partial charge in [0.25, 0.3) is 5.91 Å². The van der Waals surface area contributed by atoms with E-state index in [-0.39, 0.29) is 12.0 Å². The first-order chi connectivity index (χ1) is 14.7. The SMILES string of the molecule is COc1cc(C(=O)Nc2ccc(Oc3ccncc3)cc2)ccc1OC1CCCC1. The predicted octanol–water partition coefficient (Wildman–Crippen LogP) is 5.46. The monoisotopic (exact) mass is 404 g/mol. The molecule has 2 aromatic carbocycles. The molecule has 154 valence electrons. The number of methoxy groups -OCH3 is 1. The van der Waals surface area contributed by atoms with Gasteiger partial charge in [0.05, 0.1) is 13.2 Å². The Morgan fingerprint density at radius 1 is 0.933 bits per heavy atom. The van der Waals surface area contributed by atoms with Crippen molar-refractivity contribution in [2.24, 2.45) is 0 Å². The van der Waals surface area contributed by atoms with Gasteiger partial charge in [-0.3, -0.25) is 9.78 Å². The molecule has 0 aliphatic heterocycles. The summed E-state index contributed by atoms with van der Waals surface area (Å²) in [5.74, 6) is 2.40. The van der Waals surface area contributed by atoms with Crippen molar-refractivity contribution in [3.05, 3.63) is 72.6 Å². The van der Waals surface area contributed by atoms with Crippen molar-refractivity contribution in [3.8, 4) is 23.0 Å². The lowest BCUT2D eigenvalue weighted by Gasteiger charge is -2.16. The van der Waals surface area contributed by atoms with Crippen LogP contribution >= 0.6 is 0 Å². The molecule has 0 saturated heterocycles. The summed E-state index contributed by atoms with van der Waals surface area (Å²) in [5.41, 5.74) is 1.18. The number of carbonyl (C=O) groups is 1. The van der Waals surface area contributed by atoms with Crippen LogP contribution in [0.4, 0.5) is 5.69 Å². The number of anilines is 1. The van der Waals surface area contributed by atoms with Crippen molar-refractivity contribution in [3.63, 3.8) is 0 Å². The molecule has 0 bridgehead atoms. The van der Waals surface area contributed by atoms with Crippen LogP contribution in [0.1, 0.15) is 36.0 Å². The van der Waals surface area contributed by atoms with E-state index < -0.39 is 0 Å². The van der Waals surface area contributed by atoms with Gasteiger partial charge in [0, 0.05) is 23.6 Å². The highest BCUT2D eigenvalue weighted by atomic mass is 16.5. The first kappa shape index (κ1) is 19.8. The van der Waals surface area contributed by atoms with Gasteiger partial charge in [-0.25, -0.2) is 0 Å². The van der Waals surface area contributed by atoms with Gasteiger partial charge >= 0.3 is 0 Å². The van der Waals surface area contributed by atoms with E-state index in [0.29, 0.717) is 34.2 Å². The third kappa shape index (κ3) is 4.89. The number of rotatable bonds is 7. The molecule has 1 aliphatic carbocycles. The maximum Gasteiger partial charge on any atom is 0.255 e. The fourth-order valence-corrected chi connectivity index (χ4v) is 3.44. The fourth-order valence-electron chi connectivity index (χ4n) is 3.44. The van der Waals surface area contributed by atoms with Gasteiger partial charge in [0.1, 0.15) is 11.5 Å². The number of aromatic nitrogens is 1. The molecule has 6 heteroatoms. The van der Waals surface area contributed by atoms with Gasteiger partial charge in [0.2, 0.25) is 0 Å². The first-order valence-corrected chi connectivity index (χ1v) is 10.1. The number of benzene rings is 2. The molecule has 0 radical (unpaired) electrons. The second-order valence-corrected chi connectivity index (χ2v) is 7.15. The molecule has 1 aromatic heterocycles. The molecule has 30 heavy (non-hydrogen) atoms. The van der Waals surface area contributed by atoms with Crippen molar-refractivity contribution >= 4 is 11.6 Å². The van der Waals surface area contributed by atoms with Crippen molar-refractivity contribution in [2.45, 2.75) is 31.8 Å². The molecular formula is C24H24N2O4. The van der Waals surface area contributed by atoms with E-state index in [1.54, 1.807) is 74.1 Å². The number of hydrogen-bond acceptors (Lipinski definition) is 5. The maximum absolute atomic E-state index is 12.7. The van der Waals surface area contributed by atoms with Crippen LogP contribution in [-0.2, 0) is 0 Å². The van der Waals surface area contributed by atoms with Crippen LogP contribution < -0.4 is 19.5 Å². The Hall–Kier alpha value is -3.54. The molecule has 0 atom stereocenters. The second-order valence-electron chi connectivity index (χ2n) is 7.15. The third-order valence-corrected chi connectivity index (χ3v) is 5.02. The Bertz CT molecular complexity index is 984. The van der Waals surface area contributed by atoms with Crippen LogP contribution in [0.3, 0.4) is 0 Å². The van der Waals surface area contributed by atoms with E-state index in [9.17, 15) is 4.79 Å². The molecule has 1 saturated carbocycles. The molecule has 6 nitrogen and oxygen atoms in total. The number of nitrogens with one attached hydrogen (secondary N) is 1. The first-order valence-electron chi connectivity index (χ1n) is 10.1. The molecule has 0 spiro atoms. The fraction of sp³-hybridized carbons (Fsp3) is 0.250. The van der Waals surface area contributed by atoms with Gasteiger partial charge < -0.3 is 19.5 Å². The molecule has 1 heterocycles. The standard InChI is InChI=1S/C24H24N2O4/c1-28-23-16-17(6-11-22(23)30-19-4-2-3-5-19)24(27)26-18-7-9-20(10-8-18)29-21-12-14-25-15-13-21/h6-16,19H,2-5H2,1H3,(H,26,27). The van der Waals surface area contributed by atoms with Crippen LogP contribution in [0.15, 0.2) is 67.0 Å². The van der Waals surface area contributed by atoms with Gasteiger partial charge in [-0.05, 0) is 80.3 Å². The van der Waals surface area contributed by atoms with Crippen LogP contribution in [0, 0.1) is 0 Å². The van der Waals surface area contributed by atoms with Crippen molar-refractivity contribution in [2.75, 3.05) is 12.4 Å². The summed E-state index contributed by atoms with van der Waals surface area (Å²) in [6.07, 6.45) is 8.08. The van der Waals surface area contributed by atoms with Crippen LogP contribution in [-0.4, -0.2) is 24.1 Å². The topological polar surface area (TPSA) is 69.7 Å². The lowest BCUT2D eigenvalue weighted by molar-refractivity contribution is 0.102. The minimum atomic E-state index is -0.219. The lowest BCUT2D eigenvalue weighted by Crippen LogP contribution is -2.14. The molecule has 4 rings (SSSR count). The number of amides is 1. The second kappa shape index (κ2) is 9.31. The highest BCUT2D eigenvalue weighted by molar-refractivity contribution is 6.04. The number of carbonyl (C=O) groups excluding carboxylic acids is 1. The molecular weight excluding hydrogens is 380 g/mol. The highest BCUT2D eigenvalue weighted by Crippen LogP contribution is 2.32. The number of ether oxygens (including phenoxy) is 3. The highest BCUT2D eigenvalue weighted by Gasteiger charge is 2.19. The molecule has 1 aliphatic rings. The van der Waals surface area contributed by atoms with E-state index in [1.165, 1.54) is 12.8 Å². The summed E-state index contributed by atoms with van der Waals surface area (Å²) in [7, 11) is 1.58. The Morgan fingerprint density at radius 3 is 2.33 bits per heavy atom. The van der Waals surface area contributed by atoms with Gasteiger partial charge in [-0.15, -0.1) is 0 Å². The summed E-state index contributed by atoms with van der Waals surface area (Å²) in [6.45, 7) is 0. The number of nitrogens with zero attached hydrogens (tertiary/aromatic N) is 1. The molecule has 0 unspecified atom stereocenters. The lowest BCUT2D eigenvalue weighted by atomic mass is 10.1. The normalized spacial score (nSPS) is 13.6. The summed E-state index contributed by atoms with van der Waals surface area (Å²) in [4.78, 5) is 16.6. The van der Waals surface area contributed by atoms with Crippen LogP contribution in [0.2, 0.25) is 0 Å². The van der Waals surface area contributed by atoms with E-state index >= 15 is 0 Å². The quantitative estimate of drug-likeness (QED) is 0.566. The largest absolute Gasteiger partial charge is 0.493 e. The zero-order valence-corrected chi connectivity index (χ0v) is 16.8. The minimum absolute atomic E-state index is 0.219. The summed E-state index contributed by atoms with van der Waals surface area (Å²) in [6, 6.07) is 16.0. The van der Waals surface area contributed by atoms with Gasteiger partial charge in [0.15, 0.2) is 11.5 Å². The molecule has 1 fully saturated rings. The predicted molar refractivity (Wildman–Crippen MR) is 115 cm³/mol. The Labute approximate surface area is 175 Å². The Morgan fingerprint density at radius 2 is 1.63 bits per heavy atom. The van der Waals surface area contributed by atoms with E-state index in [2.05, 4.69) is 10.3 Å². The van der Waals surface area contributed by atoms with Gasteiger partial charge in [-0.2, -0.15) is 0 Å². The van der Waals surface area contributed by atoms with Crippen LogP contribution in [0.25, 0.3) is 0 Å². The summed E-state index contributed by atoms with van der Waals surface area (Å²) in [5, 5.41) is 2.89. The number of pyridine rings is 1. The summed E-state index contributed by atoms with van der Waals surface area (Å²) >= 11 is 0. The van der Waals surface area contributed by atoms with Crippen molar-refractivity contribution in [1.29, 1.82) is 0 Å². The molecule has 1 amide bonds. The maximum atomic E-state index is 12.7. The zero-order valence-electron chi connectivity index (χ0n) is 16.8. The number of hydrogen-bond donors (Lipinski definition) is 1. The minimum Gasteiger partial charge on any atom is -0.493 e. The van der Waals surface area contributed by atoms with Crippen LogP contribution in [0.5, 0.6) is 23.0 Å². The average Bonchev–Trinajstić information content (AvgIpc) is 3.29. The summed E-state index contributed by atoms with van der Waals surface area (Å²) < 4.78 is 17.2. The Balaban J connectivity index is 1.40. The average molecular weight is 404 g/mol. The molecule has 1 N–H and O–H groups in total. The van der Waals surface area contributed by atoms with E-state index in [1.807, 2.05) is 0 Å². The van der Waals surface area contributed by atoms with Crippen molar-refractivity contribution < 1.29 is 19.0 Å². The van der Waals surface area contributed by atoms with E-state index in [0.717, 1.165) is 12.8 Å². The Kier molecular flexibility index (Phi) is 6.13. The van der Waals surface area contributed by atoms with E-state index in [4.69, 9.17) is 14.2 Å². The third-order valence-electron chi connectivity index (χ3n) is 5.02. The van der Waals surface area contributed by atoms with Crippen molar-refractivity contribution in [1.82, 2.24) is 4.98 Å². The zero-order chi connectivity index (χ0) is 20.8. The smallest absolute Gasteiger partial charge is 0.255 e. The molecule has 3 aromatic rings.